The molecule has 2 heterocycles. The zero-order valence-electron chi connectivity index (χ0n) is 9.87. The molecule has 0 bridgehead atoms. The van der Waals surface area contributed by atoms with E-state index in [-0.39, 0.29) is 5.38 Å². The molecule has 18 heavy (non-hydrogen) atoms. The number of hydrogen-bond donors (Lipinski definition) is 0. The molecule has 0 saturated carbocycles. The summed E-state index contributed by atoms with van der Waals surface area (Å²) in [6.07, 6.45) is 2.61. The highest BCUT2D eigenvalue weighted by Crippen LogP contribution is 2.42. The summed E-state index contributed by atoms with van der Waals surface area (Å²) >= 11 is 10.1. The van der Waals surface area contributed by atoms with Crippen LogP contribution in [0.2, 0.25) is 0 Å². The molecule has 0 aliphatic carbocycles. The second kappa shape index (κ2) is 4.63. The Kier molecular flexibility index (Phi) is 3.12. The molecule has 0 spiro atoms. The van der Waals surface area contributed by atoms with Crippen molar-refractivity contribution in [3.63, 3.8) is 0 Å². The summed E-state index contributed by atoms with van der Waals surface area (Å²) < 4.78 is 12.1. The van der Waals surface area contributed by atoms with Crippen molar-refractivity contribution in [2.75, 3.05) is 6.61 Å². The Balaban J connectivity index is 2.10. The van der Waals surface area contributed by atoms with Crippen molar-refractivity contribution in [1.29, 1.82) is 0 Å². The van der Waals surface area contributed by atoms with Crippen molar-refractivity contribution in [3.05, 3.63) is 51.4 Å². The second-order valence-corrected chi connectivity index (χ2v) is 5.73. The number of furan rings is 1. The van der Waals surface area contributed by atoms with Crippen LogP contribution in [-0.2, 0) is 6.42 Å². The minimum absolute atomic E-state index is 0.242. The molecular formula is C14H12BrClO2. The first-order chi connectivity index (χ1) is 8.66. The SMILES string of the molecule is Cc1occc1C(Cl)c1cc(Br)cc2c1OCC2. The van der Waals surface area contributed by atoms with Gasteiger partial charge in [-0.2, -0.15) is 0 Å². The number of hydrogen-bond acceptors (Lipinski definition) is 2. The van der Waals surface area contributed by atoms with Crippen LogP contribution in [-0.4, -0.2) is 6.61 Å². The van der Waals surface area contributed by atoms with Gasteiger partial charge in [0.25, 0.3) is 0 Å². The van der Waals surface area contributed by atoms with E-state index in [0.29, 0.717) is 0 Å². The number of fused-ring (bicyclic) bond motifs is 1. The minimum Gasteiger partial charge on any atom is -0.493 e. The third-order valence-corrected chi connectivity index (χ3v) is 4.15. The lowest BCUT2D eigenvalue weighted by atomic mass is 10.0. The van der Waals surface area contributed by atoms with E-state index >= 15 is 0 Å². The Labute approximate surface area is 119 Å². The van der Waals surface area contributed by atoms with Gasteiger partial charge in [0.15, 0.2) is 0 Å². The molecule has 1 unspecified atom stereocenters. The zero-order valence-corrected chi connectivity index (χ0v) is 12.2. The minimum atomic E-state index is -0.242. The third kappa shape index (κ3) is 1.95. The highest BCUT2D eigenvalue weighted by Gasteiger charge is 2.24. The molecule has 1 aliphatic rings. The average Bonchev–Trinajstić information content (AvgIpc) is 2.95. The van der Waals surface area contributed by atoms with Crippen LogP contribution in [0.15, 0.2) is 33.4 Å². The van der Waals surface area contributed by atoms with E-state index in [1.165, 1.54) is 5.56 Å². The summed E-state index contributed by atoms with van der Waals surface area (Å²) in [6, 6.07) is 6.03. The standard InChI is InChI=1S/C14H12BrClO2/c1-8-11(3-5-17-8)13(16)12-7-10(15)6-9-2-4-18-14(9)12/h3,5-7,13H,2,4H2,1H3. The molecular weight excluding hydrogens is 316 g/mol. The first-order valence-corrected chi connectivity index (χ1v) is 7.03. The van der Waals surface area contributed by atoms with Crippen LogP contribution in [0.25, 0.3) is 0 Å². The first kappa shape index (κ1) is 12.1. The Morgan fingerprint density at radius 1 is 1.33 bits per heavy atom. The summed E-state index contributed by atoms with van der Waals surface area (Å²) in [4.78, 5) is 0. The van der Waals surface area contributed by atoms with Gasteiger partial charge in [0.05, 0.1) is 18.2 Å². The van der Waals surface area contributed by atoms with Gasteiger partial charge in [0.2, 0.25) is 0 Å². The van der Waals surface area contributed by atoms with Crippen molar-refractivity contribution < 1.29 is 9.15 Å². The molecule has 1 atom stereocenters. The maximum absolute atomic E-state index is 6.57. The van der Waals surface area contributed by atoms with E-state index in [9.17, 15) is 0 Å². The quantitative estimate of drug-likeness (QED) is 0.751. The molecule has 1 aliphatic heterocycles. The van der Waals surface area contributed by atoms with E-state index in [1.807, 2.05) is 19.1 Å². The maximum atomic E-state index is 6.57. The molecule has 4 heteroatoms. The topological polar surface area (TPSA) is 22.4 Å². The molecule has 1 aromatic carbocycles. The Bertz CT molecular complexity index is 591. The number of ether oxygens (including phenoxy) is 1. The Morgan fingerprint density at radius 3 is 2.89 bits per heavy atom. The van der Waals surface area contributed by atoms with Crippen LogP contribution in [0, 0.1) is 6.92 Å². The molecule has 0 amide bonds. The van der Waals surface area contributed by atoms with Crippen molar-refractivity contribution in [3.8, 4) is 5.75 Å². The van der Waals surface area contributed by atoms with Gasteiger partial charge in [0, 0.05) is 22.0 Å². The predicted octanol–water partition coefficient (Wildman–Crippen LogP) is 4.61. The Hall–Kier alpha value is -0.930. The molecule has 0 radical (unpaired) electrons. The van der Waals surface area contributed by atoms with Crippen molar-refractivity contribution in [2.45, 2.75) is 18.7 Å². The van der Waals surface area contributed by atoms with Crippen molar-refractivity contribution >= 4 is 27.5 Å². The van der Waals surface area contributed by atoms with Gasteiger partial charge in [-0.25, -0.2) is 0 Å². The van der Waals surface area contributed by atoms with E-state index in [2.05, 4.69) is 22.0 Å². The molecule has 0 fully saturated rings. The highest BCUT2D eigenvalue weighted by atomic mass is 79.9. The van der Waals surface area contributed by atoms with E-state index in [1.54, 1.807) is 6.26 Å². The van der Waals surface area contributed by atoms with E-state index in [4.69, 9.17) is 20.8 Å². The molecule has 0 N–H and O–H groups in total. The molecule has 2 nitrogen and oxygen atoms in total. The van der Waals surface area contributed by atoms with Gasteiger partial charge in [-0.15, -0.1) is 11.6 Å². The third-order valence-electron chi connectivity index (χ3n) is 3.22. The average molecular weight is 328 g/mol. The molecule has 3 rings (SSSR count). The summed E-state index contributed by atoms with van der Waals surface area (Å²) in [5.74, 6) is 1.78. The number of alkyl halides is 1. The second-order valence-electron chi connectivity index (χ2n) is 4.38. The van der Waals surface area contributed by atoms with Crippen LogP contribution in [0.5, 0.6) is 5.75 Å². The molecule has 2 aromatic rings. The fourth-order valence-electron chi connectivity index (χ4n) is 2.31. The number of rotatable bonds is 2. The van der Waals surface area contributed by atoms with Crippen LogP contribution >= 0.6 is 27.5 Å². The van der Waals surface area contributed by atoms with Gasteiger partial charge in [0.1, 0.15) is 11.5 Å². The smallest absolute Gasteiger partial charge is 0.127 e. The summed E-state index contributed by atoms with van der Waals surface area (Å²) in [7, 11) is 0. The van der Waals surface area contributed by atoms with Gasteiger partial charge < -0.3 is 9.15 Å². The normalized spacial score (nSPS) is 15.3. The lowest BCUT2D eigenvalue weighted by Gasteiger charge is -2.14. The lowest BCUT2D eigenvalue weighted by Crippen LogP contribution is -1.97. The zero-order chi connectivity index (χ0) is 12.7. The van der Waals surface area contributed by atoms with E-state index in [0.717, 1.165) is 40.1 Å². The van der Waals surface area contributed by atoms with Crippen LogP contribution in [0.1, 0.15) is 27.8 Å². The number of halogens is 2. The van der Waals surface area contributed by atoms with Gasteiger partial charge in [-0.1, -0.05) is 15.9 Å². The largest absolute Gasteiger partial charge is 0.493 e. The van der Waals surface area contributed by atoms with Gasteiger partial charge in [-0.05, 0) is 30.7 Å². The van der Waals surface area contributed by atoms with E-state index < -0.39 is 0 Å². The summed E-state index contributed by atoms with van der Waals surface area (Å²) in [5.41, 5.74) is 3.21. The summed E-state index contributed by atoms with van der Waals surface area (Å²) in [5, 5.41) is -0.242. The van der Waals surface area contributed by atoms with Crippen molar-refractivity contribution in [2.24, 2.45) is 0 Å². The maximum Gasteiger partial charge on any atom is 0.127 e. The lowest BCUT2D eigenvalue weighted by molar-refractivity contribution is 0.353. The number of aryl methyl sites for hydroxylation is 1. The van der Waals surface area contributed by atoms with Crippen molar-refractivity contribution in [1.82, 2.24) is 0 Å². The fraction of sp³-hybridized carbons (Fsp3) is 0.286. The number of benzene rings is 1. The van der Waals surface area contributed by atoms with Crippen LogP contribution in [0.3, 0.4) is 0 Å². The summed E-state index contributed by atoms with van der Waals surface area (Å²) in [6.45, 7) is 2.65. The van der Waals surface area contributed by atoms with Gasteiger partial charge in [-0.3, -0.25) is 0 Å². The van der Waals surface area contributed by atoms with Crippen LogP contribution < -0.4 is 4.74 Å². The monoisotopic (exact) mass is 326 g/mol. The van der Waals surface area contributed by atoms with Gasteiger partial charge >= 0.3 is 0 Å². The first-order valence-electron chi connectivity index (χ1n) is 5.80. The molecule has 1 aromatic heterocycles. The fourth-order valence-corrected chi connectivity index (χ4v) is 3.22. The predicted molar refractivity (Wildman–Crippen MR) is 74.5 cm³/mol. The molecule has 0 saturated heterocycles. The molecule has 94 valence electrons. The van der Waals surface area contributed by atoms with Crippen LogP contribution in [0.4, 0.5) is 0 Å². The Morgan fingerprint density at radius 2 is 2.17 bits per heavy atom. The highest BCUT2D eigenvalue weighted by molar-refractivity contribution is 9.10.